The number of aldehydes is 1. The van der Waals surface area contributed by atoms with Crippen molar-refractivity contribution in [3.05, 3.63) is 0 Å². The zero-order valence-electron chi connectivity index (χ0n) is 3.72. The number of hydrogen-bond acceptors (Lipinski definition) is 2. The van der Waals surface area contributed by atoms with E-state index in [2.05, 4.69) is 4.99 Å². The van der Waals surface area contributed by atoms with Crippen molar-refractivity contribution in [2.75, 3.05) is 6.54 Å². The molecule has 0 aromatic rings. The second-order valence-electron chi connectivity index (χ2n) is 0.784. The highest BCUT2D eigenvalue weighted by atomic mass is 16.1. The van der Waals surface area contributed by atoms with E-state index in [9.17, 15) is 4.79 Å². The topological polar surface area (TPSA) is 29.4 Å². The van der Waals surface area contributed by atoms with Gasteiger partial charge in [0.05, 0.1) is 6.21 Å². The minimum absolute atomic E-state index is 0.670. The second-order valence-corrected chi connectivity index (χ2v) is 0.784. The molecule has 0 fully saturated rings. The molecule has 0 saturated heterocycles. The molecular formula is C4H7NO. The largest absolute Gasteiger partial charge is 0.297 e. The second kappa shape index (κ2) is 4.34. The normalized spacial score (nSPS) is 9.50. The predicted octanol–water partition coefficient (Wildman–Crippen LogP) is 0.276. The van der Waals surface area contributed by atoms with Crippen LogP contribution < -0.4 is 0 Å². The third kappa shape index (κ3) is 3.34. The summed E-state index contributed by atoms with van der Waals surface area (Å²) in [6, 6.07) is 0. The summed E-state index contributed by atoms with van der Waals surface area (Å²) in [5, 5.41) is 0. The minimum atomic E-state index is 0.670. The Morgan fingerprint density at radius 1 is 1.83 bits per heavy atom. The Hall–Kier alpha value is -0.660. The number of carbonyl (C=O) groups excluding carboxylic acids is 1. The van der Waals surface area contributed by atoms with Crippen molar-refractivity contribution in [3.63, 3.8) is 0 Å². The van der Waals surface area contributed by atoms with E-state index >= 15 is 0 Å². The van der Waals surface area contributed by atoms with Crippen LogP contribution in [-0.2, 0) is 4.79 Å². The first kappa shape index (κ1) is 5.34. The zero-order chi connectivity index (χ0) is 4.83. The van der Waals surface area contributed by atoms with Crippen LogP contribution in [0, 0.1) is 0 Å². The molecule has 0 saturated carbocycles. The molecule has 0 aromatic heterocycles. The van der Waals surface area contributed by atoms with E-state index in [1.54, 1.807) is 0 Å². The third-order valence-electron chi connectivity index (χ3n) is 0.349. The Kier molecular flexibility index (Phi) is 3.86. The van der Waals surface area contributed by atoms with Gasteiger partial charge in [-0.2, -0.15) is 0 Å². The molecule has 0 unspecified atom stereocenters. The molecular weight excluding hydrogens is 78.0 g/mol. The first-order valence-corrected chi connectivity index (χ1v) is 1.85. The van der Waals surface area contributed by atoms with Gasteiger partial charge in [-0.05, 0) is 6.92 Å². The molecule has 0 N–H and O–H groups in total. The van der Waals surface area contributed by atoms with E-state index in [1.807, 2.05) is 6.92 Å². The van der Waals surface area contributed by atoms with Gasteiger partial charge in [-0.25, -0.2) is 0 Å². The van der Waals surface area contributed by atoms with Gasteiger partial charge in [-0.3, -0.25) is 9.79 Å². The number of rotatable bonds is 2. The van der Waals surface area contributed by atoms with Gasteiger partial charge >= 0.3 is 0 Å². The highest BCUT2D eigenvalue weighted by Gasteiger charge is 1.58. The quantitative estimate of drug-likeness (QED) is 0.349. The molecule has 34 valence electrons. The Labute approximate surface area is 36.9 Å². The highest BCUT2D eigenvalue weighted by molar-refractivity contribution is 6.12. The van der Waals surface area contributed by atoms with Crippen LogP contribution >= 0.6 is 0 Å². The van der Waals surface area contributed by atoms with E-state index in [0.29, 0.717) is 12.8 Å². The number of hydrogen-bond donors (Lipinski definition) is 0. The van der Waals surface area contributed by atoms with Crippen molar-refractivity contribution in [3.8, 4) is 0 Å². The lowest BCUT2D eigenvalue weighted by Gasteiger charge is -1.67. The summed E-state index contributed by atoms with van der Waals surface area (Å²) in [7, 11) is 0. The summed E-state index contributed by atoms with van der Waals surface area (Å²) in [6.07, 6.45) is 1.92. The lowest BCUT2D eigenvalue weighted by molar-refractivity contribution is -0.102. The van der Waals surface area contributed by atoms with Crippen molar-refractivity contribution >= 4 is 12.5 Å². The Balaban J connectivity index is 2.94. The molecule has 6 heavy (non-hydrogen) atoms. The first-order valence-electron chi connectivity index (χ1n) is 1.85. The number of aliphatic imine (C=N–C) groups is 1. The Morgan fingerprint density at radius 2 is 2.50 bits per heavy atom. The van der Waals surface area contributed by atoms with Gasteiger partial charge in [0, 0.05) is 6.54 Å². The molecule has 0 radical (unpaired) electrons. The first-order chi connectivity index (χ1) is 2.91. The lowest BCUT2D eigenvalue weighted by Crippen LogP contribution is -1.72. The third-order valence-corrected chi connectivity index (χ3v) is 0.349. The summed E-state index contributed by atoms with van der Waals surface area (Å²) < 4.78 is 0. The standard InChI is InChI=1S/C4H7NO/c1-2-5-3-4-6/h3-4H,2H2,1H3/b5-3+. The average Bonchev–Trinajstić information content (AvgIpc) is 1.61. The fourth-order valence-corrected chi connectivity index (χ4v) is 0.148. The molecule has 0 aliphatic carbocycles. The van der Waals surface area contributed by atoms with E-state index in [1.165, 1.54) is 6.21 Å². The average molecular weight is 85.1 g/mol. The molecule has 0 spiro atoms. The van der Waals surface area contributed by atoms with Crippen LogP contribution in [0.4, 0.5) is 0 Å². The molecule has 0 rings (SSSR count). The van der Waals surface area contributed by atoms with E-state index in [-0.39, 0.29) is 0 Å². The van der Waals surface area contributed by atoms with E-state index in [4.69, 9.17) is 0 Å². The van der Waals surface area contributed by atoms with Gasteiger partial charge in [0.15, 0.2) is 6.29 Å². The van der Waals surface area contributed by atoms with Gasteiger partial charge in [0.25, 0.3) is 0 Å². The maximum atomic E-state index is 9.41. The number of carbonyl (C=O) groups is 1. The smallest absolute Gasteiger partial charge is 0.160 e. The fourth-order valence-electron chi connectivity index (χ4n) is 0.148. The van der Waals surface area contributed by atoms with Crippen LogP contribution in [0.25, 0.3) is 0 Å². The lowest BCUT2D eigenvalue weighted by atomic mass is 10.7. The molecule has 0 heterocycles. The van der Waals surface area contributed by atoms with Crippen LogP contribution in [0.5, 0.6) is 0 Å². The molecule has 0 aromatic carbocycles. The highest BCUT2D eigenvalue weighted by Crippen LogP contribution is 1.56. The van der Waals surface area contributed by atoms with Crippen molar-refractivity contribution in [2.24, 2.45) is 4.99 Å². The molecule has 0 atom stereocenters. The van der Waals surface area contributed by atoms with Crippen molar-refractivity contribution in [1.29, 1.82) is 0 Å². The minimum Gasteiger partial charge on any atom is -0.297 e. The summed E-state index contributed by atoms with van der Waals surface area (Å²) in [6.45, 7) is 2.57. The summed E-state index contributed by atoms with van der Waals surface area (Å²) in [5.74, 6) is 0. The van der Waals surface area contributed by atoms with Gasteiger partial charge < -0.3 is 0 Å². The van der Waals surface area contributed by atoms with Crippen LogP contribution in [0.3, 0.4) is 0 Å². The van der Waals surface area contributed by atoms with Crippen LogP contribution in [-0.4, -0.2) is 19.0 Å². The van der Waals surface area contributed by atoms with Crippen molar-refractivity contribution in [1.82, 2.24) is 0 Å². The SMILES string of the molecule is CC/N=C/C=O. The van der Waals surface area contributed by atoms with E-state index in [0.717, 1.165) is 0 Å². The van der Waals surface area contributed by atoms with Crippen LogP contribution in [0.1, 0.15) is 6.92 Å². The zero-order valence-corrected chi connectivity index (χ0v) is 3.72. The molecule has 0 aliphatic heterocycles. The fraction of sp³-hybridized carbons (Fsp3) is 0.500. The van der Waals surface area contributed by atoms with Crippen LogP contribution in [0.15, 0.2) is 4.99 Å². The van der Waals surface area contributed by atoms with Crippen LogP contribution in [0.2, 0.25) is 0 Å². The van der Waals surface area contributed by atoms with E-state index < -0.39 is 0 Å². The summed E-state index contributed by atoms with van der Waals surface area (Å²) in [4.78, 5) is 13.0. The molecule has 2 nitrogen and oxygen atoms in total. The summed E-state index contributed by atoms with van der Waals surface area (Å²) in [5.41, 5.74) is 0. The maximum absolute atomic E-state index is 9.41. The Bertz CT molecular complexity index is 58.6. The predicted molar refractivity (Wildman–Crippen MR) is 25.1 cm³/mol. The van der Waals surface area contributed by atoms with Crippen molar-refractivity contribution in [2.45, 2.75) is 6.92 Å². The van der Waals surface area contributed by atoms with Gasteiger partial charge in [0.2, 0.25) is 0 Å². The van der Waals surface area contributed by atoms with Gasteiger partial charge in [-0.15, -0.1) is 0 Å². The maximum Gasteiger partial charge on any atom is 0.160 e. The molecule has 0 aliphatic rings. The van der Waals surface area contributed by atoms with Gasteiger partial charge in [0.1, 0.15) is 0 Å². The molecule has 0 amide bonds. The number of nitrogens with zero attached hydrogens (tertiary/aromatic N) is 1. The molecule has 0 bridgehead atoms. The monoisotopic (exact) mass is 85.1 g/mol. The summed E-state index contributed by atoms with van der Waals surface area (Å²) >= 11 is 0. The van der Waals surface area contributed by atoms with Gasteiger partial charge in [-0.1, -0.05) is 0 Å². The Morgan fingerprint density at radius 3 is 2.67 bits per heavy atom. The molecule has 2 heteroatoms. The van der Waals surface area contributed by atoms with Crippen molar-refractivity contribution < 1.29 is 4.79 Å².